The number of aliphatic carboxylic acids is 1. The number of nitrogens with one attached hydrogen (secondary N) is 1. The topological polar surface area (TPSA) is 87.5 Å². The third-order valence-corrected chi connectivity index (χ3v) is 5.05. The number of carbonyl (C=O) groups is 2. The number of imidazole rings is 1. The zero-order valence-electron chi connectivity index (χ0n) is 16.9. The molecule has 1 aromatic carbocycles. The number of fused-ring (bicyclic) bond motifs is 1. The number of nitrogens with zero attached hydrogens (tertiary/aromatic N) is 3. The summed E-state index contributed by atoms with van der Waals surface area (Å²) in [7, 11) is 2.02. The molecule has 1 aliphatic heterocycles. The van der Waals surface area contributed by atoms with Gasteiger partial charge in [-0.1, -0.05) is 51.1 Å². The molecule has 2 heterocycles. The molecule has 3 rings (SSSR count). The summed E-state index contributed by atoms with van der Waals surface area (Å²) >= 11 is 0. The Hall–Kier alpha value is -2.67. The summed E-state index contributed by atoms with van der Waals surface area (Å²) in [5.74, 6) is -0.742. The predicted octanol–water partition coefficient (Wildman–Crippen LogP) is 2.61. The first-order valence-electron chi connectivity index (χ1n) is 9.55. The molecule has 28 heavy (non-hydrogen) atoms. The summed E-state index contributed by atoms with van der Waals surface area (Å²) in [6.45, 7) is 7.67. The van der Waals surface area contributed by atoms with Crippen molar-refractivity contribution in [3.63, 3.8) is 0 Å². The number of carboxylic acids is 1. The number of carboxylic acid groups (broad SMARTS) is 1. The van der Waals surface area contributed by atoms with Crippen molar-refractivity contribution < 1.29 is 14.7 Å². The number of hydrogen-bond donors (Lipinski definition) is 2. The van der Waals surface area contributed by atoms with Crippen LogP contribution in [0.3, 0.4) is 0 Å². The fourth-order valence-electron chi connectivity index (χ4n) is 3.56. The van der Waals surface area contributed by atoms with Crippen LogP contribution < -0.4 is 5.32 Å². The molecule has 1 atom stereocenters. The number of benzene rings is 1. The SMILES string of the molecule is CN1CCCn2c(-c3ccccc3)nc(C(=O)NC(C(=O)O)C(C)(C)C)c2C1. The molecule has 1 aromatic heterocycles. The molecule has 0 radical (unpaired) electrons. The average molecular weight is 384 g/mol. The van der Waals surface area contributed by atoms with E-state index in [9.17, 15) is 14.7 Å². The molecular formula is C21H28N4O3. The van der Waals surface area contributed by atoms with Gasteiger partial charge in [-0.15, -0.1) is 0 Å². The Kier molecular flexibility index (Phi) is 5.56. The smallest absolute Gasteiger partial charge is 0.326 e. The Morgan fingerprint density at radius 2 is 1.86 bits per heavy atom. The minimum Gasteiger partial charge on any atom is -0.480 e. The van der Waals surface area contributed by atoms with E-state index in [0.29, 0.717) is 12.2 Å². The van der Waals surface area contributed by atoms with E-state index in [-0.39, 0.29) is 0 Å². The summed E-state index contributed by atoms with van der Waals surface area (Å²) in [5, 5.41) is 12.3. The van der Waals surface area contributed by atoms with Gasteiger partial charge in [-0.2, -0.15) is 0 Å². The van der Waals surface area contributed by atoms with Crippen molar-refractivity contribution in [2.45, 2.75) is 46.3 Å². The first kappa shape index (κ1) is 20.1. The molecule has 7 nitrogen and oxygen atoms in total. The van der Waals surface area contributed by atoms with E-state index in [1.807, 2.05) is 37.4 Å². The second-order valence-corrected chi connectivity index (χ2v) is 8.45. The Morgan fingerprint density at radius 1 is 1.18 bits per heavy atom. The minimum absolute atomic E-state index is 0.308. The lowest BCUT2D eigenvalue weighted by atomic mass is 9.86. The molecule has 0 aliphatic carbocycles. The summed E-state index contributed by atoms with van der Waals surface area (Å²) < 4.78 is 2.10. The Bertz CT molecular complexity index is 868. The van der Waals surface area contributed by atoms with E-state index in [1.165, 1.54) is 0 Å². The van der Waals surface area contributed by atoms with Gasteiger partial charge < -0.3 is 19.9 Å². The van der Waals surface area contributed by atoms with Crippen LogP contribution >= 0.6 is 0 Å². The lowest BCUT2D eigenvalue weighted by Gasteiger charge is -2.27. The molecule has 1 unspecified atom stereocenters. The highest BCUT2D eigenvalue weighted by Crippen LogP contribution is 2.27. The van der Waals surface area contributed by atoms with E-state index in [4.69, 9.17) is 0 Å². The Morgan fingerprint density at radius 3 is 2.46 bits per heavy atom. The fraction of sp³-hybridized carbons (Fsp3) is 0.476. The van der Waals surface area contributed by atoms with Crippen LogP contribution in [0.4, 0.5) is 0 Å². The third kappa shape index (κ3) is 4.09. The van der Waals surface area contributed by atoms with Crippen molar-refractivity contribution in [2.24, 2.45) is 5.41 Å². The van der Waals surface area contributed by atoms with Gasteiger partial charge in [0, 0.05) is 18.7 Å². The van der Waals surface area contributed by atoms with Gasteiger partial charge in [-0.3, -0.25) is 4.79 Å². The monoisotopic (exact) mass is 384 g/mol. The molecule has 7 heteroatoms. The van der Waals surface area contributed by atoms with Gasteiger partial charge >= 0.3 is 5.97 Å². The second-order valence-electron chi connectivity index (χ2n) is 8.45. The highest BCUT2D eigenvalue weighted by atomic mass is 16.4. The molecular weight excluding hydrogens is 356 g/mol. The van der Waals surface area contributed by atoms with Crippen molar-refractivity contribution in [2.75, 3.05) is 13.6 Å². The first-order chi connectivity index (χ1) is 13.2. The predicted molar refractivity (Wildman–Crippen MR) is 107 cm³/mol. The van der Waals surface area contributed by atoms with Crippen molar-refractivity contribution in [1.29, 1.82) is 0 Å². The number of hydrogen-bond acceptors (Lipinski definition) is 4. The van der Waals surface area contributed by atoms with Crippen molar-refractivity contribution in [3.8, 4) is 11.4 Å². The van der Waals surface area contributed by atoms with Crippen LogP contribution in [0.15, 0.2) is 30.3 Å². The van der Waals surface area contributed by atoms with Crippen LogP contribution in [0.5, 0.6) is 0 Å². The van der Waals surface area contributed by atoms with Crippen LogP contribution in [0.2, 0.25) is 0 Å². The van der Waals surface area contributed by atoms with E-state index < -0.39 is 23.3 Å². The second kappa shape index (κ2) is 7.75. The summed E-state index contributed by atoms with van der Waals surface area (Å²) in [6, 6.07) is 8.78. The van der Waals surface area contributed by atoms with Crippen LogP contribution in [0.1, 0.15) is 43.4 Å². The zero-order valence-corrected chi connectivity index (χ0v) is 16.9. The van der Waals surface area contributed by atoms with E-state index >= 15 is 0 Å². The Labute approximate surface area is 165 Å². The van der Waals surface area contributed by atoms with Gasteiger partial charge in [0.25, 0.3) is 5.91 Å². The van der Waals surface area contributed by atoms with Crippen LogP contribution in [0, 0.1) is 5.41 Å². The van der Waals surface area contributed by atoms with Crippen molar-refractivity contribution in [3.05, 3.63) is 41.7 Å². The highest BCUT2D eigenvalue weighted by molar-refractivity contribution is 5.96. The van der Waals surface area contributed by atoms with E-state index in [0.717, 1.165) is 36.6 Å². The molecule has 0 fully saturated rings. The number of carbonyl (C=O) groups excluding carboxylic acids is 1. The number of aromatic nitrogens is 2. The summed E-state index contributed by atoms with van der Waals surface area (Å²) in [4.78, 5) is 31.6. The van der Waals surface area contributed by atoms with Gasteiger partial charge in [0.05, 0.1) is 5.69 Å². The molecule has 2 aromatic rings. The molecule has 1 aliphatic rings. The molecule has 1 amide bonds. The van der Waals surface area contributed by atoms with Crippen molar-refractivity contribution in [1.82, 2.24) is 19.8 Å². The molecule has 0 saturated carbocycles. The quantitative estimate of drug-likeness (QED) is 0.846. The zero-order chi connectivity index (χ0) is 20.5. The number of amides is 1. The molecule has 0 spiro atoms. The van der Waals surface area contributed by atoms with E-state index in [1.54, 1.807) is 20.8 Å². The lowest BCUT2D eigenvalue weighted by Crippen LogP contribution is -2.49. The van der Waals surface area contributed by atoms with Gasteiger partial charge in [0.2, 0.25) is 0 Å². The third-order valence-electron chi connectivity index (χ3n) is 5.05. The summed E-state index contributed by atoms with van der Waals surface area (Å²) in [6.07, 6.45) is 0.959. The standard InChI is InChI=1S/C21H28N4O3/c1-21(2,3)17(20(27)28)23-19(26)16-15-13-24(4)11-8-12-25(15)18(22-16)14-9-6-5-7-10-14/h5-7,9-10,17H,8,11-13H2,1-4H3,(H,23,26)(H,27,28). The lowest BCUT2D eigenvalue weighted by molar-refractivity contribution is -0.142. The maximum atomic E-state index is 13.1. The van der Waals surface area contributed by atoms with Gasteiger partial charge in [-0.05, 0) is 25.4 Å². The normalized spacial score (nSPS) is 16.1. The van der Waals surface area contributed by atoms with Crippen LogP contribution in [0.25, 0.3) is 11.4 Å². The molecule has 150 valence electrons. The minimum atomic E-state index is -1.05. The average Bonchev–Trinajstić information content (AvgIpc) is 2.86. The van der Waals surface area contributed by atoms with E-state index in [2.05, 4.69) is 19.8 Å². The number of rotatable bonds is 4. The highest BCUT2D eigenvalue weighted by Gasteiger charge is 2.35. The molecule has 2 N–H and O–H groups in total. The fourth-order valence-corrected chi connectivity index (χ4v) is 3.56. The van der Waals surface area contributed by atoms with Crippen molar-refractivity contribution >= 4 is 11.9 Å². The van der Waals surface area contributed by atoms with Gasteiger partial charge in [0.15, 0.2) is 5.69 Å². The first-order valence-corrected chi connectivity index (χ1v) is 9.55. The maximum Gasteiger partial charge on any atom is 0.326 e. The van der Waals surface area contributed by atoms with Crippen LogP contribution in [-0.4, -0.2) is 51.1 Å². The maximum absolute atomic E-state index is 13.1. The van der Waals surface area contributed by atoms with Crippen LogP contribution in [-0.2, 0) is 17.9 Å². The van der Waals surface area contributed by atoms with Gasteiger partial charge in [0.1, 0.15) is 11.9 Å². The van der Waals surface area contributed by atoms with Gasteiger partial charge in [-0.25, -0.2) is 9.78 Å². The Balaban J connectivity index is 2.04. The largest absolute Gasteiger partial charge is 0.480 e. The molecule has 0 saturated heterocycles. The summed E-state index contributed by atoms with van der Waals surface area (Å²) in [5.41, 5.74) is 1.47. The molecule has 0 bridgehead atoms.